The molecule has 1 N–H and O–H groups in total. The largest absolute Gasteiger partial charge is 0.496 e. The topological polar surface area (TPSA) is 38.3 Å². The van der Waals surface area contributed by atoms with Crippen molar-refractivity contribution in [3.63, 3.8) is 0 Å². The number of hydrogen-bond acceptors (Lipinski definition) is 2. The molecular weight excluding hydrogens is 373 g/mol. The second kappa shape index (κ2) is 7.01. The third-order valence-corrected chi connectivity index (χ3v) is 4.25. The molecule has 0 unspecified atom stereocenters. The Hall–Kier alpha value is -2.40. The van der Waals surface area contributed by atoms with Crippen LogP contribution in [0.1, 0.15) is 5.56 Å². The number of rotatable bonds is 4. The van der Waals surface area contributed by atoms with E-state index >= 15 is 0 Å². The van der Waals surface area contributed by atoms with Crippen molar-refractivity contribution >= 4 is 38.3 Å². The van der Waals surface area contributed by atoms with E-state index in [1.54, 1.807) is 19.2 Å². The molecule has 3 aromatic rings. The van der Waals surface area contributed by atoms with Crippen LogP contribution in [0.5, 0.6) is 5.75 Å². The van der Waals surface area contributed by atoms with Crippen LogP contribution >= 0.6 is 15.9 Å². The summed E-state index contributed by atoms with van der Waals surface area (Å²) in [5.41, 5.74) is 0.945. The van der Waals surface area contributed by atoms with Crippen LogP contribution < -0.4 is 10.1 Å². The minimum Gasteiger partial charge on any atom is -0.496 e. The number of hydrogen-bond donors (Lipinski definition) is 1. The number of para-hydroxylation sites is 1. The second-order valence-corrected chi connectivity index (χ2v) is 6.23. The quantitative estimate of drug-likeness (QED) is 0.688. The number of nitrogens with one attached hydrogen (secondary N) is 1. The molecule has 3 rings (SSSR count). The predicted molar refractivity (Wildman–Crippen MR) is 96.9 cm³/mol. The summed E-state index contributed by atoms with van der Waals surface area (Å²) in [7, 11) is 1.57. The summed E-state index contributed by atoms with van der Waals surface area (Å²) in [5, 5.41) is 4.54. The molecule has 24 heavy (non-hydrogen) atoms. The van der Waals surface area contributed by atoms with Gasteiger partial charge in [0.1, 0.15) is 11.6 Å². The van der Waals surface area contributed by atoms with E-state index in [4.69, 9.17) is 4.74 Å². The van der Waals surface area contributed by atoms with Crippen LogP contribution in [-0.4, -0.2) is 13.0 Å². The first-order valence-electron chi connectivity index (χ1n) is 7.38. The van der Waals surface area contributed by atoms with Crippen molar-refractivity contribution in [1.82, 2.24) is 0 Å². The predicted octanol–water partition coefficient (Wildman–Crippen LogP) is 4.93. The average Bonchev–Trinajstić information content (AvgIpc) is 2.57. The molecule has 0 heterocycles. The summed E-state index contributed by atoms with van der Waals surface area (Å²) in [6.45, 7) is 0. The van der Waals surface area contributed by atoms with Crippen molar-refractivity contribution in [3.8, 4) is 5.75 Å². The Bertz CT molecular complexity index is 911. The minimum absolute atomic E-state index is 0.0937. The highest BCUT2D eigenvalue weighted by molar-refractivity contribution is 9.10. The Morgan fingerprint density at radius 2 is 1.96 bits per heavy atom. The van der Waals surface area contributed by atoms with E-state index in [1.807, 2.05) is 30.3 Å². The summed E-state index contributed by atoms with van der Waals surface area (Å²) >= 11 is 3.44. The molecule has 1 amide bonds. The minimum atomic E-state index is -0.459. The average molecular weight is 388 g/mol. The Kier molecular flexibility index (Phi) is 4.81. The van der Waals surface area contributed by atoms with Gasteiger partial charge >= 0.3 is 0 Å². The van der Waals surface area contributed by atoms with Gasteiger partial charge in [-0.05, 0) is 41.1 Å². The van der Waals surface area contributed by atoms with Gasteiger partial charge in [0.05, 0.1) is 19.2 Å². The number of fused-ring (bicyclic) bond motifs is 1. The molecule has 122 valence electrons. The molecule has 5 heteroatoms. The zero-order valence-corrected chi connectivity index (χ0v) is 14.6. The van der Waals surface area contributed by atoms with Crippen molar-refractivity contribution in [2.24, 2.45) is 0 Å². The van der Waals surface area contributed by atoms with E-state index in [2.05, 4.69) is 21.2 Å². The number of carbonyl (C=O) groups is 1. The lowest BCUT2D eigenvalue weighted by atomic mass is 10.0. The molecule has 0 atom stereocenters. The third kappa shape index (κ3) is 3.41. The van der Waals surface area contributed by atoms with Gasteiger partial charge < -0.3 is 10.1 Å². The summed E-state index contributed by atoms with van der Waals surface area (Å²) < 4.78 is 20.0. The highest BCUT2D eigenvalue weighted by atomic mass is 79.9. The molecule has 0 aliphatic carbocycles. The van der Waals surface area contributed by atoms with Gasteiger partial charge in [0.15, 0.2) is 0 Å². The van der Waals surface area contributed by atoms with Crippen LogP contribution in [-0.2, 0) is 11.2 Å². The van der Waals surface area contributed by atoms with Crippen molar-refractivity contribution in [2.75, 3.05) is 12.4 Å². The monoisotopic (exact) mass is 387 g/mol. The molecule has 0 bridgehead atoms. The van der Waals surface area contributed by atoms with Crippen molar-refractivity contribution in [2.45, 2.75) is 6.42 Å². The molecule has 0 aliphatic rings. The lowest BCUT2D eigenvalue weighted by molar-refractivity contribution is -0.115. The Morgan fingerprint density at radius 3 is 2.71 bits per heavy atom. The van der Waals surface area contributed by atoms with E-state index in [1.165, 1.54) is 12.1 Å². The van der Waals surface area contributed by atoms with E-state index in [-0.39, 0.29) is 18.0 Å². The standard InChI is InChI=1S/C19H15BrFNO2/c1-24-18-9-6-12-10-13(20)7-8-14(12)15(18)11-19(23)22-17-5-3-2-4-16(17)21/h2-10H,11H2,1H3,(H,22,23). The van der Waals surface area contributed by atoms with Crippen LogP contribution in [0.3, 0.4) is 0 Å². The fourth-order valence-electron chi connectivity index (χ4n) is 2.64. The number of benzene rings is 3. The first-order valence-corrected chi connectivity index (χ1v) is 8.17. The second-order valence-electron chi connectivity index (χ2n) is 5.32. The maximum Gasteiger partial charge on any atom is 0.229 e. The highest BCUT2D eigenvalue weighted by Gasteiger charge is 2.14. The number of methoxy groups -OCH3 is 1. The SMILES string of the molecule is COc1ccc2cc(Br)ccc2c1CC(=O)Nc1ccccc1F. The molecule has 0 spiro atoms. The first-order chi connectivity index (χ1) is 11.6. The molecule has 3 nitrogen and oxygen atoms in total. The van der Waals surface area contributed by atoms with Gasteiger partial charge in [-0.2, -0.15) is 0 Å². The van der Waals surface area contributed by atoms with Gasteiger partial charge in [0.25, 0.3) is 0 Å². The van der Waals surface area contributed by atoms with Crippen LogP contribution in [0.25, 0.3) is 10.8 Å². The zero-order valence-electron chi connectivity index (χ0n) is 13.0. The molecule has 3 aromatic carbocycles. The van der Waals surface area contributed by atoms with Crippen molar-refractivity contribution in [3.05, 3.63) is 70.5 Å². The van der Waals surface area contributed by atoms with Crippen molar-refractivity contribution in [1.29, 1.82) is 0 Å². The molecule has 0 saturated heterocycles. The zero-order chi connectivity index (χ0) is 17.1. The van der Waals surface area contributed by atoms with Crippen LogP contribution in [0.4, 0.5) is 10.1 Å². The van der Waals surface area contributed by atoms with Gasteiger partial charge in [0, 0.05) is 10.0 Å². The summed E-state index contributed by atoms with van der Waals surface area (Å²) in [4.78, 5) is 12.4. The third-order valence-electron chi connectivity index (χ3n) is 3.76. The fourth-order valence-corrected chi connectivity index (χ4v) is 3.01. The summed E-state index contributed by atoms with van der Waals surface area (Å²) in [5.74, 6) is -0.123. The van der Waals surface area contributed by atoms with E-state index in [0.29, 0.717) is 5.75 Å². The highest BCUT2D eigenvalue weighted by Crippen LogP contribution is 2.30. The van der Waals surface area contributed by atoms with Crippen LogP contribution in [0.2, 0.25) is 0 Å². The van der Waals surface area contributed by atoms with Gasteiger partial charge in [-0.3, -0.25) is 4.79 Å². The number of carbonyl (C=O) groups excluding carboxylic acids is 1. The number of amides is 1. The van der Waals surface area contributed by atoms with E-state index in [9.17, 15) is 9.18 Å². The fraction of sp³-hybridized carbons (Fsp3) is 0.105. The molecule has 0 radical (unpaired) electrons. The number of halogens is 2. The van der Waals surface area contributed by atoms with Gasteiger partial charge in [-0.15, -0.1) is 0 Å². The Balaban J connectivity index is 1.93. The molecule has 0 aliphatic heterocycles. The molecule has 0 aromatic heterocycles. The van der Waals surface area contributed by atoms with E-state index < -0.39 is 5.82 Å². The van der Waals surface area contributed by atoms with Gasteiger partial charge in [-0.25, -0.2) is 4.39 Å². The smallest absolute Gasteiger partial charge is 0.229 e. The number of ether oxygens (including phenoxy) is 1. The lowest BCUT2D eigenvalue weighted by Gasteiger charge is -2.13. The van der Waals surface area contributed by atoms with E-state index in [0.717, 1.165) is 20.8 Å². The van der Waals surface area contributed by atoms with Gasteiger partial charge in [-0.1, -0.05) is 40.2 Å². The molecule has 0 fully saturated rings. The Morgan fingerprint density at radius 1 is 1.17 bits per heavy atom. The lowest BCUT2D eigenvalue weighted by Crippen LogP contribution is -2.16. The maximum atomic E-state index is 13.7. The molecular formula is C19H15BrFNO2. The Labute approximate surface area is 147 Å². The first kappa shape index (κ1) is 16.5. The van der Waals surface area contributed by atoms with Gasteiger partial charge in [0.2, 0.25) is 5.91 Å². The molecule has 0 saturated carbocycles. The van der Waals surface area contributed by atoms with Crippen LogP contribution in [0.15, 0.2) is 59.1 Å². The summed E-state index contributed by atoms with van der Waals surface area (Å²) in [6.07, 6.45) is 0.0937. The van der Waals surface area contributed by atoms with Crippen LogP contribution in [0, 0.1) is 5.82 Å². The van der Waals surface area contributed by atoms with Crippen molar-refractivity contribution < 1.29 is 13.9 Å². The summed E-state index contributed by atoms with van der Waals surface area (Å²) in [6, 6.07) is 15.7. The normalized spacial score (nSPS) is 10.6. The maximum absolute atomic E-state index is 13.7. The number of anilines is 1.